The molecule has 0 aliphatic rings. The van der Waals surface area contributed by atoms with Crippen LogP contribution in [0.2, 0.25) is 0 Å². The Bertz CT molecular complexity index is 548. The van der Waals surface area contributed by atoms with Gasteiger partial charge in [-0.15, -0.1) is 0 Å². The smallest absolute Gasteiger partial charge is 0.161 e. The molecule has 1 atom stereocenters. The van der Waals surface area contributed by atoms with Crippen molar-refractivity contribution in [1.82, 2.24) is 5.32 Å². The first kappa shape index (κ1) is 13.5. The zero-order valence-electron chi connectivity index (χ0n) is 11.7. The van der Waals surface area contributed by atoms with E-state index in [0.29, 0.717) is 5.75 Å². The van der Waals surface area contributed by atoms with E-state index in [9.17, 15) is 0 Å². The van der Waals surface area contributed by atoms with Gasteiger partial charge in [0, 0.05) is 0 Å². The number of methoxy groups -OCH3 is 2. The Morgan fingerprint density at radius 2 is 1.84 bits per heavy atom. The second-order valence-electron chi connectivity index (χ2n) is 4.30. The molecule has 0 aliphatic heterocycles. The number of hydrogen-bond donors (Lipinski definition) is 1. The van der Waals surface area contributed by atoms with Gasteiger partial charge >= 0.3 is 0 Å². The van der Waals surface area contributed by atoms with Crippen LogP contribution in [0.5, 0.6) is 11.5 Å². The van der Waals surface area contributed by atoms with Crippen molar-refractivity contribution < 1.29 is 13.9 Å². The first-order valence-corrected chi connectivity index (χ1v) is 6.14. The van der Waals surface area contributed by atoms with Gasteiger partial charge < -0.3 is 19.2 Å². The molecule has 0 amide bonds. The van der Waals surface area contributed by atoms with Gasteiger partial charge in [-0.25, -0.2) is 0 Å². The molecule has 2 aromatic rings. The molecule has 0 bridgehead atoms. The minimum atomic E-state index is -0.00481. The summed E-state index contributed by atoms with van der Waals surface area (Å²) in [6, 6.07) is 7.82. The maximum absolute atomic E-state index is 5.57. The average Bonchev–Trinajstić information content (AvgIpc) is 2.86. The molecule has 0 aliphatic carbocycles. The number of rotatable bonds is 5. The van der Waals surface area contributed by atoms with E-state index in [2.05, 4.69) is 5.32 Å². The van der Waals surface area contributed by atoms with E-state index in [1.165, 1.54) is 0 Å². The lowest BCUT2D eigenvalue weighted by molar-refractivity contribution is 0.353. The molecule has 1 aromatic heterocycles. The molecular weight excluding hydrogens is 242 g/mol. The summed E-state index contributed by atoms with van der Waals surface area (Å²) in [6.07, 6.45) is 1.70. The monoisotopic (exact) mass is 261 g/mol. The molecule has 1 heterocycles. The van der Waals surface area contributed by atoms with E-state index < -0.39 is 0 Å². The summed E-state index contributed by atoms with van der Waals surface area (Å²) in [5, 5.41) is 3.26. The fraction of sp³-hybridized carbons (Fsp3) is 0.333. The quantitative estimate of drug-likeness (QED) is 0.898. The van der Waals surface area contributed by atoms with Crippen LogP contribution in [-0.4, -0.2) is 21.3 Å². The van der Waals surface area contributed by atoms with Crippen molar-refractivity contribution in [2.75, 3.05) is 21.3 Å². The number of aryl methyl sites for hydroxylation is 1. The third-order valence-electron chi connectivity index (χ3n) is 3.19. The Kier molecular flexibility index (Phi) is 4.12. The predicted molar refractivity (Wildman–Crippen MR) is 73.9 cm³/mol. The molecule has 1 N–H and O–H groups in total. The van der Waals surface area contributed by atoms with Crippen LogP contribution in [0.4, 0.5) is 0 Å². The predicted octanol–water partition coefficient (Wildman–Crippen LogP) is 2.91. The minimum absolute atomic E-state index is 0.00481. The Labute approximate surface area is 113 Å². The second-order valence-corrected chi connectivity index (χ2v) is 4.30. The second kappa shape index (κ2) is 5.80. The fourth-order valence-electron chi connectivity index (χ4n) is 2.16. The van der Waals surface area contributed by atoms with Crippen molar-refractivity contribution in [2.24, 2.45) is 0 Å². The number of hydrogen-bond acceptors (Lipinski definition) is 4. The van der Waals surface area contributed by atoms with Crippen LogP contribution in [0.25, 0.3) is 0 Å². The molecule has 0 saturated heterocycles. The fourth-order valence-corrected chi connectivity index (χ4v) is 2.16. The first-order chi connectivity index (χ1) is 9.21. The van der Waals surface area contributed by atoms with Crippen molar-refractivity contribution in [1.29, 1.82) is 0 Å². The number of nitrogens with one attached hydrogen (secondary N) is 1. The number of benzene rings is 1. The van der Waals surface area contributed by atoms with Gasteiger partial charge in [0.1, 0.15) is 5.76 Å². The van der Waals surface area contributed by atoms with Crippen LogP contribution in [0.1, 0.15) is 22.9 Å². The largest absolute Gasteiger partial charge is 0.493 e. The van der Waals surface area contributed by atoms with E-state index >= 15 is 0 Å². The lowest BCUT2D eigenvalue weighted by atomic mass is 10.0. The van der Waals surface area contributed by atoms with Crippen molar-refractivity contribution in [2.45, 2.75) is 13.0 Å². The van der Waals surface area contributed by atoms with Gasteiger partial charge in [0.05, 0.1) is 26.5 Å². The summed E-state index contributed by atoms with van der Waals surface area (Å²) in [4.78, 5) is 0. The topological polar surface area (TPSA) is 43.6 Å². The number of furan rings is 1. The van der Waals surface area contributed by atoms with Gasteiger partial charge in [0.15, 0.2) is 11.5 Å². The van der Waals surface area contributed by atoms with Crippen LogP contribution in [0.15, 0.2) is 34.9 Å². The summed E-state index contributed by atoms with van der Waals surface area (Å²) in [5.74, 6) is 2.34. The van der Waals surface area contributed by atoms with Gasteiger partial charge in [0.2, 0.25) is 0 Å². The van der Waals surface area contributed by atoms with Crippen LogP contribution in [0.3, 0.4) is 0 Å². The molecule has 2 rings (SSSR count). The highest BCUT2D eigenvalue weighted by Crippen LogP contribution is 2.33. The molecule has 0 fully saturated rings. The molecule has 4 heteroatoms. The van der Waals surface area contributed by atoms with Crippen LogP contribution >= 0.6 is 0 Å². The van der Waals surface area contributed by atoms with Crippen molar-refractivity contribution in [3.8, 4) is 11.5 Å². The SMILES string of the molecule is CNC(c1ccc(OC)c(OC)c1)c1occc1C. The van der Waals surface area contributed by atoms with Crippen LogP contribution in [-0.2, 0) is 0 Å². The summed E-state index contributed by atoms with van der Waals surface area (Å²) in [5.41, 5.74) is 2.19. The van der Waals surface area contributed by atoms with Gasteiger partial charge in [-0.05, 0) is 43.3 Å². The zero-order valence-corrected chi connectivity index (χ0v) is 11.7. The molecule has 102 valence electrons. The lowest BCUT2D eigenvalue weighted by Crippen LogP contribution is -2.18. The lowest BCUT2D eigenvalue weighted by Gasteiger charge is -2.17. The van der Waals surface area contributed by atoms with E-state index in [-0.39, 0.29) is 6.04 Å². The highest BCUT2D eigenvalue weighted by molar-refractivity contribution is 5.45. The molecule has 0 saturated carbocycles. The van der Waals surface area contributed by atoms with Gasteiger partial charge in [-0.3, -0.25) is 0 Å². The molecule has 1 aromatic carbocycles. The van der Waals surface area contributed by atoms with Crippen molar-refractivity contribution in [3.63, 3.8) is 0 Å². The first-order valence-electron chi connectivity index (χ1n) is 6.14. The Morgan fingerprint density at radius 1 is 1.11 bits per heavy atom. The van der Waals surface area contributed by atoms with E-state index in [1.807, 2.05) is 38.2 Å². The average molecular weight is 261 g/mol. The maximum Gasteiger partial charge on any atom is 0.161 e. The third-order valence-corrected chi connectivity index (χ3v) is 3.19. The standard InChI is InChI=1S/C15H19NO3/c1-10-7-8-19-15(10)14(16-2)11-5-6-12(17-3)13(9-11)18-4/h5-9,14,16H,1-4H3. The molecule has 19 heavy (non-hydrogen) atoms. The Hall–Kier alpha value is -1.94. The zero-order chi connectivity index (χ0) is 13.8. The summed E-state index contributed by atoms with van der Waals surface area (Å²) in [6.45, 7) is 2.03. The normalized spacial score (nSPS) is 12.2. The molecule has 1 unspecified atom stereocenters. The molecular formula is C15H19NO3. The van der Waals surface area contributed by atoms with Crippen molar-refractivity contribution in [3.05, 3.63) is 47.4 Å². The third kappa shape index (κ3) is 2.58. The maximum atomic E-state index is 5.57. The summed E-state index contributed by atoms with van der Waals surface area (Å²) in [7, 11) is 5.17. The van der Waals surface area contributed by atoms with Gasteiger partial charge in [-0.1, -0.05) is 6.07 Å². The van der Waals surface area contributed by atoms with Crippen LogP contribution in [0, 0.1) is 6.92 Å². The highest BCUT2D eigenvalue weighted by Gasteiger charge is 2.19. The molecule has 4 nitrogen and oxygen atoms in total. The molecule has 0 radical (unpaired) electrons. The summed E-state index contributed by atoms with van der Waals surface area (Å²) >= 11 is 0. The Balaban J connectivity index is 2.42. The van der Waals surface area contributed by atoms with Gasteiger partial charge in [-0.2, -0.15) is 0 Å². The minimum Gasteiger partial charge on any atom is -0.493 e. The number of ether oxygens (including phenoxy) is 2. The Morgan fingerprint density at radius 3 is 2.37 bits per heavy atom. The van der Waals surface area contributed by atoms with E-state index in [0.717, 1.165) is 22.6 Å². The highest BCUT2D eigenvalue weighted by atomic mass is 16.5. The van der Waals surface area contributed by atoms with E-state index in [4.69, 9.17) is 13.9 Å². The van der Waals surface area contributed by atoms with Gasteiger partial charge in [0.25, 0.3) is 0 Å². The molecule has 0 spiro atoms. The van der Waals surface area contributed by atoms with Crippen molar-refractivity contribution >= 4 is 0 Å². The summed E-state index contributed by atoms with van der Waals surface area (Å²) < 4.78 is 16.2. The van der Waals surface area contributed by atoms with Crippen LogP contribution < -0.4 is 14.8 Å². The van der Waals surface area contributed by atoms with E-state index in [1.54, 1.807) is 20.5 Å².